The van der Waals surface area contributed by atoms with Crippen LogP contribution in [0.4, 0.5) is 5.69 Å². The second kappa shape index (κ2) is 10.4. The normalized spacial score (nSPS) is 20.2. The molecule has 1 unspecified atom stereocenters. The minimum Gasteiger partial charge on any atom is -0.493 e. The molecule has 0 bridgehead atoms. The topological polar surface area (TPSA) is 91.7 Å². The first-order valence-corrected chi connectivity index (χ1v) is 13.6. The Morgan fingerprint density at radius 2 is 1.92 bits per heavy atom. The number of aliphatic hydroxyl groups is 1. The van der Waals surface area contributed by atoms with Crippen LogP contribution in [0.25, 0.3) is 11.1 Å². The van der Waals surface area contributed by atoms with Gasteiger partial charge in [-0.2, -0.15) is 0 Å². The van der Waals surface area contributed by atoms with Crippen LogP contribution in [0.2, 0.25) is 0 Å². The summed E-state index contributed by atoms with van der Waals surface area (Å²) in [6.45, 7) is 9.22. The van der Waals surface area contributed by atoms with Gasteiger partial charge in [-0.3, -0.25) is 9.78 Å². The van der Waals surface area contributed by atoms with Gasteiger partial charge in [-0.05, 0) is 105 Å². The van der Waals surface area contributed by atoms with E-state index in [2.05, 4.69) is 54.5 Å². The summed E-state index contributed by atoms with van der Waals surface area (Å²) >= 11 is 0. The molecule has 0 spiro atoms. The number of carboxylic acid groups (broad SMARTS) is 1. The molecular weight excluding hydrogens is 476 g/mol. The molecule has 2 aromatic carbocycles. The lowest BCUT2D eigenvalue weighted by Crippen LogP contribution is -2.21. The lowest BCUT2D eigenvalue weighted by atomic mass is 9.89. The average Bonchev–Trinajstić information content (AvgIpc) is 3.55. The molecule has 200 valence electrons. The van der Waals surface area contributed by atoms with Crippen molar-refractivity contribution in [3.8, 4) is 16.9 Å². The van der Waals surface area contributed by atoms with Crippen LogP contribution in [0.5, 0.6) is 5.75 Å². The zero-order valence-electron chi connectivity index (χ0n) is 22.8. The van der Waals surface area contributed by atoms with E-state index < -0.39 is 11.6 Å². The van der Waals surface area contributed by atoms with Crippen molar-refractivity contribution >= 4 is 11.7 Å². The van der Waals surface area contributed by atoms with Gasteiger partial charge in [0.15, 0.2) is 0 Å². The molecule has 1 aromatic heterocycles. The molecule has 0 radical (unpaired) electrons. The van der Waals surface area contributed by atoms with E-state index >= 15 is 0 Å². The number of ether oxygens (including phenoxy) is 1. The number of rotatable bonds is 10. The predicted octanol–water partition coefficient (Wildman–Crippen LogP) is 6.24. The smallest absolute Gasteiger partial charge is 0.307 e. The number of aliphatic carboxylic acids is 1. The second-order valence-electron chi connectivity index (χ2n) is 11.6. The molecule has 3 N–H and O–H groups in total. The Morgan fingerprint density at radius 1 is 1.16 bits per heavy atom. The maximum absolute atomic E-state index is 11.1. The molecule has 3 aromatic rings. The van der Waals surface area contributed by atoms with Gasteiger partial charge in [-0.15, -0.1) is 0 Å². The summed E-state index contributed by atoms with van der Waals surface area (Å²) in [6, 6.07) is 14.9. The zero-order valence-corrected chi connectivity index (χ0v) is 22.8. The maximum Gasteiger partial charge on any atom is 0.307 e. The number of carboxylic acids is 1. The summed E-state index contributed by atoms with van der Waals surface area (Å²) in [7, 11) is 0. The van der Waals surface area contributed by atoms with Gasteiger partial charge >= 0.3 is 5.97 Å². The third-order valence-corrected chi connectivity index (χ3v) is 7.98. The van der Waals surface area contributed by atoms with Gasteiger partial charge in [-0.25, -0.2) is 0 Å². The van der Waals surface area contributed by atoms with Crippen LogP contribution in [0, 0.1) is 19.8 Å². The summed E-state index contributed by atoms with van der Waals surface area (Å²) in [5.41, 5.74) is 8.94. The Kier molecular flexibility index (Phi) is 7.19. The van der Waals surface area contributed by atoms with E-state index in [1.807, 2.05) is 18.3 Å². The quantitative estimate of drug-likeness (QED) is 0.297. The van der Waals surface area contributed by atoms with Crippen molar-refractivity contribution in [2.24, 2.45) is 5.92 Å². The van der Waals surface area contributed by atoms with Crippen LogP contribution in [-0.4, -0.2) is 39.9 Å². The van der Waals surface area contributed by atoms with Crippen molar-refractivity contribution in [2.45, 2.75) is 70.8 Å². The highest BCUT2D eigenvalue weighted by Crippen LogP contribution is 2.47. The van der Waals surface area contributed by atoms with Crippen molar-refractivity contribution in [2.75, 3.05) is 18.5 Å². The van der Waals surface area contributed by atoms with E-state index in [1.54, 1.807) is 13.8 Å². The molecule has 6 nitrogen and oxygen atoms in total. The van der Waals surface area contributed by atoms with Crippen molar-refractivity contribution < 1.29 is 19.7 Å². The minimum atomic E-state index is -0.734. The molecule has 0 aliphatic heterocycles. The lowest BCUT2D eigenvalue weighted by molar-refractivity contribution is -0.138. The number of benzene rings is 2. The molecule has 2 aliphatic rings. The van der Waals surface area contributed by atoms with Gasteiger partial charge in [0.2, 0.25) is 0 Å². The Labute approximate surface area is 225 Å². The van der Waals surface area contributed by atoms with E-state index in [0.717, 1.165) is 36.5 Å². The molecule has 6 heteroatoms. The lowest BCUT2D eigenvalue weighted by Gasteiger charge is -2.19. The molecule has 0 amide bonds. The number of aromatic nitrogens is 1. The van der Waals surface area contributed by atoms with Crippen LogP contribution in [0.15, 0.2) is 48.7 Å². The van der Waals surface area contributed by atoms with Gasteiger partial charge < -0.3 is 20.3 Å². The third kappa shape index (κ3) is 5.70. The summed E-state index contributed by atoms with van der Waals surface area (Å²) in [6.07, 6.45) is 5.25. The van der Waals surface area contributed by atoms with Crippen molar-refractivity contribution in [1.29, 1.82) is 0 Å². The number of nitrogens with one attached hydrogen (secondary N) is 1. The van der Waals surface area contributed by atoms with Gasteiger partial charge in [0.25, 0.3) is 0 Å². The van der Waals surface area contributed by atoms with E-state index in [1.165, 1.54) is 33.4 Å². The van der Waals surface area contributed by atoms with Gasteiger partial charge in [0.1, 0.15) is 5.75 Å². The maximum atomic E-state index is 11.1. The molecule has 3 atom stereocenters. The van der Waals surface area contributed by atoms with Crippen molar-refractivity contribution in [3.63, 3.8) is 0 Å². The number of nitrogens with zero attached hydrogens (tertiary/aromatic N) is 1. The Hall–Kier alpha value is -3.38. The predicted molar refractivity (Wildman–Crippen MR) is 150 cm³/mol. The first kappa shape index (κ1) is 26.2. The number of carbonyl (C=O) groups is 1. The Morgan fingerprint density at radius 3 is 2.55 bits per heavy atom. The van der Waals surface area contributed by atoms with Crippen LogP contribution in [0.1, 0.15) is 72.9 Å². The van der Waals surface area contributed by atoms with E-state index in [0.29, 0.717) is 25.4 Å². The Balaban J connectivity index is 1.27. The monoisotopic (exact) mass is 514 g/mol. The minimum absolute atomic E-state index is 0.0573. The van der Waals surface area contributed by atoms with Gasteiger partial charge in [-0.1, -0.05) is 18.2 Å². The van der Waals surface area contributed by atoms with Crippen LogP contribution in [-0.2, 0) is 11.2 Å². The van der Waals surface area contributed by atoms with Crippen LogP contribution >= 0.6 is 0 Å². The summed E-state index contributed by atoms with van der Waals surface area (Å²) in [5, 5.41) is 22.7. The molecule has 1 fully saturated rings. The van der Waals surface area contributed by atoms with Crippen molar-refractivity contribution in [1.82, 2.24) is 4.98 Å². The number of hydrogen-bond donors (Lipinski definition) is 3. The fourth-order valence-corrected chi connectivity index (χ4v) is 5.80. The zero-order chi connectivity index (χ0) is 27.0. The number of hydrogen-bond acceptors (Lipinski definition) is 5. The molecule has 2 aliphatic carbocycles. The highest BCUT2D eigenvalue weighted by Gasteiger charge is 2.45. The van der Waals surface area contributed by atoms with Gasteiger partial charge in [0, 0.05) is 30.5 Å². The van der Waals surface area contributed by atoms with E-state index in [9.17, 15) is 9.90 Å². The largest absolute Gasteiger partial charge is 0.493 e. The van der Waals surface area contributed by atoms with Crippen molar-refractivity contribution in [3.05, 3.63) is 76.6 Å². The fourth-order valence-electron chi connectivity index (χ4n) is 5.80. The summed E-state index contributed by atoms with van der Waals surface area (Å²) in [5.74, 6) is 0.328. The molecule has 1 saturated carbocycles. The first-order valence-electron chi connectivity index (χ1n) is 13.6. The highest BCUT2D eigenvalue weighted by atomic mass is 16.5. The fraction of sp³-hybridized carbons (Fsp3) is 0.438. The summed E-state index contributed by atoms with van der Waals surface area (Å²) < 4.78 is 5.96. The number of anilines is 1. The van der Waals surface area contributed by atoms with Crippen LogP contribution in [0.3, 0.4) is 0 Å². The third-order valence-electron chi connectivity index (χ3n) is 7.98. The first-order chi connectivity index (χ1) is 18.1. The highest BCUT2D eigenvalue weighted by molar-refractivity contribution is 5.77. The molecular formula is C32H38N2O4. The van der Waals surface area contributed by atoms with E-state index in [4.69, 9.17) is 9.84 Å². The summed E-state index contributed by atoms with van der Waals surface area (Å²) in [4.78, 5) is 15.7. The Bertz CT molecular complexity index is 1300. The molecule has 5 rings (SSSR count). The molecule has 38 heavy (non-hydrogen) atoms. The molecule has 1 heterocycles. The number of aryl methyl sites for hydroxylation is 2. The van der Waals surface area contributed by atoms with E-state index in [-0.39, 0.29) is 11.8 Å². The van der Waals surface area contributed by atoms with Gasteiger partial charge in [0.05, 0.1) is 30.0 Å². The SMILES string of the molecule is Cc1cc(OCCC(C)(C)O)cc(C)c1-c1cccc2c1CCC2CNc1ccc([C@H]2C[C@@H]2C(=O)O)nc1. The number of pyridine rings is 1. The number of fused-ring (bicyclic) bond motifs is 1. The van der Waals surface area contributed by atoms with Crippen LogP contribution < -0.4 is 10.1 Å². The standard InChI is InChI=1S/C32H38N2O4/c1-19-14-23(38-13-12-32(3,4)37)15-20(2)30(19)26-7-5-6-24-21(8-10-25(24)26)17-33-22-9-11-29(34-18-22)27-16-28(27)31(35)36/h5-7,9,11,14-15,18,21,27-28,33,37H,8,10,12-13,16-17H2,1-4H3,(H,35,36)/t21?,27-,28-/m0/s1. The molecule has 0 saturated heterocycles. The second-order valence-corrected chi connectivity index (χ2v) is 11.6. The average molecular weight is 515 g/mol.